The van der Waals surface area contributed by atoms with Gasteiger partial charge in [-0.3, -0.25) is 4.99 Å². The number of halogens is 1. The molecule has 0 aromatic heterocycles. The minimum absolute atomic E-state index is 0.223. The summed E-state index contributed by atoms with van der Waals surface area (Å²) in [7, 11) is 0. The molecule has 76 valence electrons. The molecule has 1 aromatic carbocycles. The highest BCUT2D eigenvalue weighted by Crippen LogP contribution is 2.20. The number of aliphatic imine (C=N–C) groups is 1. The van der Waals surface area contributed by atoms with Crippen molar-refractivity contribution in [2.24, 2.45) is 4.99 Å². The van der Waals surface area contributed by atoms with Crippen molar-refractivity contribution in [2.45, 2.75) is 33.6 Å². The van der Waals surface area contributed by atoms with Crippen LogP contribution in [0.15, 0.2) is 23.2 Å². The van der Waals surface area contributed by atoms with Crippen LogP contribution < -0.4 is 0 Å². The van der Waals surface area contributed by atoms with Crippen LogP contribution in [0.4, 0.5) is 10.1 Å². The fraction of sp³-hybridized carbons (Fsp3) is 0.417. The SMILES string of the molecule is CCCC(C)=Nc1cc(F)ccc1C. The minimum atomic E-state index is -0.223. The van der Waals surface area contributed by atoms with Crippen molar-refractivity contribution in [1.82, 2.24) is 0 Å². The van der Waals surface area contributed by atoms with E-state index in [1.165, 1.54) is 12.1 Å². The van der Waals surface area contributed by atoms with E-state index >= 15 is 0 Å². The molecule has 0 spiro atoms. The Morgan fingerprint density at radius 1 is 1.43 bits per heavy atom. The molecule has 0 aliphatic carbocycles. The van der Waals surface area contributed by atoms with Gasteiger partial charge < -0.3 is 0 Å². The van der Waals surface area contributed by atoms with Gasteiger partial charge in [0.25, 0.3) is 0 Å². The van der Waals surface area contributed by atoms with Gasteiger partial charge in [-0.2, -0.15) is 0 Å². The zero-order chi connectivity index (χ0) is 10.6. The number of aryl methyl sites for hydroxylation is 1. The van der Waals surface area contributed by atoms with E-state index in [0.29, 0.717) is 0 Å². The zero-order valence-electron chi connectivity index (χ0n) is 8.97. The van der Waals surface area contributed by atoms with Gasteiger partial charge in [0.2, 0.25) is 0 Å². The molecule has 1 nitrogen and oxygen atoms in total. The molecule has 14 heavy (non-hydrogen) atoms. The third-order valence-electron chi connectivity index (χ3n) is 2.09. The van der Waals surface area contributed by atoms with Gasteiger partial charge in [-0.1, -0.05) is 19.4 Å². The number of nitrogens with zero attached hydrogens (tertiary/aromatic N) is 1. The Morgan fingerprint density at radius 2 is 2.14 bits per heavy atom. The van der Waals surface area contributed by atoms with Crippen LogP contribution in [0.25, 0.3) is 0 Å². The third kappa shape index (κ3) is 2.95. The average Bonchev–Trinajstić information content (AvgIpc) is 2.12. The number of rotatable bonds is 3. The summed E-state index contributed by atoms with van der Waals surface area (Å²) in [5.41, 5.74) is 2.82. The van der Waals surface area contributed by atoms with Crippen molar-refractivity contribution in [2.75, 3.05) is 0 Å². The van der Waals surface area contributed by atoms with Crippen LogP contribution in [-0.2, 0) is 0 Å². The standard InChI is InChI=1S/C12H16FN/c1-4-5-10(3)14-12-8-11(13)7-6-9(12)2/h6-8H,4-5H2,1-3H3. The molecule has 0 fully saturated rings. The van der Waals surface area contributed by atoms with E-state index in [1.54, 1.807) is 6.07 Å². The van der Waals surface area contributed by atoms with Crippen LogP contribution in [0.3, 0.4) is 0 Å². The number of hydrogen-bond donors (Lipinski definition) is 0. The van der Waals surface area contributed by atoms with Crippen LogP contribution in [0, 0.1) is 12.7 Å². The summed E-state index contributed by atoms with van der Waals surface area (Å²) < 4.78 is 12.9. The van der Waals surface area contributed by atoms with Gasteiger partial charge >= 0.3 is 0 Å². The summed E-state index contributed by atoms with van der Waals surface area (Å²) in [6.45, 7) is 6.03. The summed E-state index contributed by atoms with van der Waals surface area (Å²) in [6.07, 6.45) is 2.04. The molecule has 0 saturated carbocycles. The van der Waals surface area contributed by atoms with Crippen molar-refractivity contribution < 1.29 is 4.39 Å². The van der Waals surface area contributed by atoms with Crippen LogP contribution in [-0.4, -0.2) is 5.71 Å². The van der Waals surface area contributed by atoms with E-state index in [0.717, 1.165) is 29.8 Å². The molecule has 0 radical (unpaired) electrons. The van der Waals surface area contributed by atoms with Gasteiger partial charge in [0, 0.05) is 5.71 Å². The maximum absolute atomic E-state index is 12.9. The molecular weight excluding hydrogens is 177 g/mol. The lowest BCUT2D eigenvalue weighted by molar-refractivity contribution is 0.628. The van der Waals surface area contributed by atoms with Gasteiger partial charge in [0.05, 0.1) is 5.69 Å². The quantitative estimate of drug-likeness (QED) is 0.643. The van der Waals surface area contributed by atoms with Crippen molar-refractivity contribution in [3.05, 3.63) is 29.6 Å². The van der Waals surface area contributed by atoms with Crippen molar-refractivity contribution >= 4 is 11.4 Å². The van der Waals surface area contributed by atoms with Gasteiger partial charge in [-0.05, 0) is 38.0 Å². The summed E-state index contributed by atoms with van der Waals surface area (Å²) >= 11 is 0. The molecular formula is C12H16FN. The molecule has 0 heterocycles. The normalized spacial score (nSPS) is 11.9. The summed E-state index contributed by atoms with van der Waals surface area (Å²) in [6, 6.07) is 4.70. The van der Waals surface area contributed by atoms with Crippen LogP contribution in [0.5, 0.6) is 0 Å². The predicted molar refractivity (Wildman–Crippen MR) is 58.8 cm³/mol. The highest BCUT2D eigenvalue weighted by Gasteiger charge is 1.99. The third-order valence-corrected chi connectivity index (χ3v) is 2.09. The topological polar surface area (TPSA) is 12.4 Å². The highest BCUT2D eigenvalue weighted by atomic mass is 19.1. The van der Waals surface area contributed by atoms with Crippen molar-refractivity contribution in [3.8, 4) is 0 Å². The van der Waals surface area contributed by atoms with Gasteiger partial charge in [0.1, 0.15) is 5.82 Å². The Balaban J connectivity index is 2.95. The molecule has 0 aliphatic heterocycles. The second kappa shape index (κ2) is 4.89. The second-order valence-electron chi connectivity index (χ2n) is 3.53. The van der Waals surface area contributed by atoms with E-state index in [-0.39, 0.29) is 5.82 Å². The first-order chi connectivity index (χ1) is 6.63. The Bertz CT molecular complexity index is 342. The van der Waals surface area contributed by atoms with Gasteiger partial charge in [0.15, 0.2) is 0 Å². The lowest BCUT2D eigenvalue weighted by Crippen LogP contribution is -1.89. The van der Waals surface area contributed by atoms with Crippen LogP contribution in [0.1, 0.15) is 32.3 Å². The fourth-order valence-corrected chi connectivity index (χ4v) is 1.33. The first-order valence-electron chi connectivity index (χ1n) is 4.93. The second-order valence-corrected chi connectivity index (χ2v) is 3.53. The molecule has 0 N–H and O–H groups in total. The molecule has 0 atom stereocenters. The largest absolute Gasteiger partial charge is 0.258 e. The number of hydrogen-bond acceptors (Lipinski definition) is 1. The van der Waals surface area contributed by atoms with Crippen molar-refractivity contribution in [1.29, 1.82) is 0 Å². The fourth-order valence-electron chi connectivity index (χ4n) is 1.33. The minimum Gasteiger partial charge on any atom is -0.258 e. The monoisotopic (exact) mass is 193 g/mol. The van der Waals surface area contributed by atoms with E-state index in [1.807, 2.05) is 13.8 Å². The summed E-state index contributed by atoms with van der Waals surface area (Å²) in [4.78, 5) is 4.39. The molecule has 0 unspecified atom stereocenters. The Kier molecular flexibility index (Phi) is 3.81. The van der Waals surface area contributed by atoms with Gasteiger partial charge in [-0.25, -0.2) is 4.39 Å². The Morgan fingerprint density at radius 3 is 2.79 bits per heavy atom. The molecule has 1 aromatic rings. The zero-order valence-corrected chi connectivity index (χ0v) is 8.97. The molecule has 0 bridgehead atoms. The lowest BCUT2D eigenvalue weighted by atomic mass is 10.2. The summed E-state index contributed by atoms with van der Waals surface area (Å²) in [5, 5.41) is 0. The maximum Gasteiger partial charge on any atom is 0.125 e. The average molecular weight is 193 g/mol. The summed E-state index contributed by atoms with van der Waals surface area (Å²) in [5.74, 6) is -0.223. The maximum atomic E-state index is 12.9. The Hall–Kier alpha value is -1.18. The molecule has 1 rings (SSSR count). The van der Waals surface area contributed by atoms with E-state index in [4.69, 9.17) is 0 Å². The first-order valence-corrected chi connectivity index (χ1v) is 4.93. The number of benzene rings is 1. The molecule has 0 saturated heterocycles. The Labute approximate surface area is 84.7 Å². The highest BCUT2D eigenvalue weighted by molar-refractivity contribution is 5.84. The van der Waals surface area contributed by atoms with E-state index < -0.39 is 0 Å². The van der Waals surface area contributed by atoms with E-state index in [9.17, 15) is 4.39 Å². The van der Waals surface area contributed by atoms with E-state index in [2.05, 4.69) is 11.9 Å². The van der Waals surface area contributed by atoms with Crippen LogP contribution >= 0.6 is 0 Å². The first kappa shape index (κ1) is 10.9. The molecule has 2 heteroatoms. The van der Waals surface area contributed by atoms with Gasteiger partial charge in [-0.15, -0.1) is 0 Å². The molecule has 0 aliphatic rings. The van der Waals surface area contributed by atoms with Crippen LogP contribution in [0.2, 0.25) is 0 Å². The van der Waals surface area contributed by atoms with Crippen molar-refractivity contribution in [3.63, 3.8) is 0 Å². The predicted octanol–water partition coefficient (Wildman–Crippen LogP) is 4.03. The smallest absolute Gasteiger partial charge is 0.125 e. The molecule has 0 amide bonds. The lowest BCUT2D eigenvalue weighted by Gasteiger charge is -2.02.